The van der Waals surface area contributed by atoms with Gasteiger partial charge in [0.2, 0.25) is 5.91 Å². The van der Waals surface area contributed by atoms with Crippen molar-refractivity contribution >= 4 is 5.91 Å². The van der Waals surface area contributed by atoms with Gasteiger partial charge in [0.25, 0.3) is 0 Å². The molecule has 98 valence electrons. The second-order valence-electron chi connectivity index (χ2n) is 5.29. The number of nitrogens with one attached hydrogen (secondary N) is 2. The summed E-state index contributed by atoms with van der Waals surface area (Å²) in [7, 11) is 0. The van der Waals surface area contributed by atoms with E-state index in [1.165, 1.54) is 25.7 Å². The van der Waals surface area contributed by atoms with Gasteiger partial charge in [-0.15, -0.1) is 0 Å². The van der Waals surface area contributed by atoms with Gasteiger partial charge in [0, 0.05) is 32.1 Å². The largest absolute Gasteiger partial charge is 0.339 e. The van der Waals surface area contributed by atoms with Crippen molar-refractivity contribution in [1.29, 1.82) is 0 Å². The van der Waals surface area contributed by atoms with E-state index in [-0.39, 0.29) is 5.91 Å². The zero-order valence-electron chi connectivity index (χ0n) is 10.9. The van der Waals surface area contributed by atoms with Gasteiger partial charge in [-0.3, -0.25) is 4.79 Å². The average Bonchev–Trinajstić information content (AvgIpc) is 2.38. The molecule has 1 unspecified atom stereocenters. The number of likely N-dealkylation sites (tertiary alicyclic amines) is 1. The van der Waals surface area contributed by atoms with Gasteiger partial charge in [-0.05, 0) is 45.2 Å². The molecule has 2 saturated heterocycles. The molecule has 0 aromatic carbocycles. The van der Waals surface area contributed by atoms with Gasteiger partial charge in [-0.1, -0.05) is 0 Å². The van der Waals surface area contributed by atoms with Gasteiger partial charge in [0.15, 0.2) is 0 Å². The number of rotatable bonds is 3. The Morgan fingerprint density at radius 1 is 1.29 bits per heavy atom. The molecule has 0 aliphatic carbocycles. The van der Waals surface area contributed by atoms with Crippen LogP contribution in [0.2, 0.25) is 0 Å². The second kappa shape index (κ2) is 6.36. The highest BCUT2D eigenvalue weighted by Crippen LogP contribution is 2.17. The molecule has 1 atom stereocenters. The number of hydrogen-bond donors (Lipinski definition) is 2. The standard InChI is InChI=1S/C13H25N3O/c1-11(17)16-9-3-2-4-13(16)10-15-12-5-7-14-8-6-12/h12-15H,2-10H2,1H3. The van der Waals surface area contributed by atoms with Gasteiger partial charge >= 0.3 is 0 Å². The molecule has 0 radical (unpaired) electrons. The third-order valence-electron chi connectivity index (χ3n) is 4.01. The second-order valence-corrected chi connectivity index (χ2v) is 5.29. The van der Waals surface area contributed by atoms with Gasteiger partial charge < -0.3 is 15.5 Å². The monoisotopic (exact) mass is 239 g/mol. The highest BCUT2D eigenvalue weighted by molar-refractivity contribution is 5.73. The van der Waals surface area contributed by atoms with E-state index in [1.807, 2.05) is 0 Å². The van der Waals surface area contributed by atoms with Crippen LogP contribution in [0, 0.1) is 0 Å². The summed E-state index contributed by atoms with van der Waals surface area (Å²) in [5, 5.41) is 7.02. The molecule has 4 nitrogen and oxygen atoms in total. The molecular formula is C13H25N3O. The molecule has 2 heterocycles. The van der Waals surface area contributed by atoms with Gasteiger partial charge in [0.1, 0.15) is 0 Å². The van der Waals surface area contributed by atoms with Crippen LogP contribution in [0.25, 0.3) is 0 Å². The van der Waals surface area contributed by atoms with Crippen LogP contribution < -0.4 is 10.6 Å². The Labute approximate surface area is 104 Å². The average molecular weight is 239 g/mol. The number of hydrogen-bond acceptors (Lipinski definition) is 3. The third-order valence-corrected chi connectivity index (χ3v) is 4.01. The molecule has 4 heteroatoms. The molecule has 0 bridgehead atoms. The Bertz CT molecular complexity index is 251. The molecule has 2 fully saturated rings. The number of carbonyl (C=O) groups excluding carboxylic acids is 1. The van der Waals surface area contributed by atoms with Crippen LogP contribution in [-0.4, -0.2) is 49.1 Å². The number of piperidine rings is 2. The molecule has 0 saturated carbocycles. The van der Waals surface area contributed by atoms with Crippen molar-refractivity contribution in [1.82, 2.24) is 15.5 Å². The topological polar surface area (TPSA) is 44.4 Å². The fourth-order valence-corrected chi connectivity index (χ4v) is 2.96. The van der Waals surface area contributed by atoms with Crippen LogP contribution in [0.1, 0.15) is 39.0 Å². The predicted octanol–water partition coefficient (Wildman–Crippen LogP) is 0.729. The number of nitrogens with zero attached hydrogens (tertiary/aromatic N) is 1. The van der Waals surface area contributed by atoms with E-state index in [1.54, 1.807) is 6.92 Å². The van der Waals surface area contributed by atoms with Crippen molar-refractivity contribution in [2.24, 2.45) is 0 Å². The van der Waals surface area contributed by atoms with Gasteiger partial charge in [-0.25, -0.2) is 0 Å². The summed E-state index contributed by atoms with van der Waals surface area (Å²) >= 11 is 0. The molecule has 1 amide bonds. The lowest BCUT2D eigenvalue weighted by molar-refractivity contribution is -0.132. The van der Waals surface area contributed by atoms with Crippen LogP contribution in [0.15, 0.2) is 0 Å². The normalized spacial score (nSPS) is 27.1. The Balaban J connectivity index is 1.77. The van der Waals surface area contributed by atoms with E-state index < -0.39 is 0 Å². The van der Waals surface area contributed by atoms with Crippen LogP contribution in [-0.2, 0) is 4.79 Å². The summed E-state index contributed by atoms with van der Waals surface area (Å²) in [6, 6.07) is 1.07. The minimum Gasteiger partial charge on any atom is -0.339 e. The molecule has 2 N–H and O–H groups in total. The minimum atomic E-state index is 0.238. The van der Waals surface area contributed by atoms with Crippen molar-refractivity contribution in [3.63, 3.8) is 0 Å². The van der Waals surface area contributed by atoms with Crippen molar-refractivity contribution in [2.45, 2.75) is 51.1 Å². The highest BCUT2D eigenvalue weighted by atomic mass is 16.2. The Morgan fingerprint density at radius 3 is 2.76 bits per heavy atom. The maximum atomic E-state index is 11.5. The molecule has 17 heavy (non-hydrogen) atoms. The summed E-state index contributed by atoms with van der Waals surface area (Å²) in [4.78, 5) is 13.6. The zero-order valence-corrected chi connectivity index (χ0v) is 10.9. The Morgan fingerprint density at radius 2 is 2.06 bits per heavy atom. The lowest BCUT2D eigenvalue weighted by atomic mass is 10.0. The van der Waals surface area contributed by atoms with Crippen molar-refractivity contribution in [3.05, 3.63) is 0 Å². The molecule has 0 aromatic heterocycles. The predicted molar refractivity (Wildman–Crippen MR) is 68.9 cm³/mol. The highest BCUT2D eigenvalue weighted by Gasteiger charge is 2.25. The third kappa shape index (κ3) is 3.68. The number of amides is 1. The molecule has 2 aliphatic heterocycles. The molecule has 0 aromatic rings. The lowest BCUT2D eigenvalue weighted by Crippen LogP contribution is -2.50. The van der Waals surface area contributed by atoms with E-state index in [2.05, 4.69) is 15.5 Å². The lowest BCUT2D eigenvalue weighted by Gasteiger charge is -2.36. The van der Waals surface area contributed by atoms with Crippen LogP contribution in [0.4, 0.5) is 0 Å². The first-order valence-corrected chi connectivity index (χ1v) is 6.98. The summed E-state index contributed by atoms with van der Waals surface area (Å²) < 4.78 is 0. The fourth-order valence-electron chi connectivity index (χ4n) is 2.96. The summed E-state index contributed by atoms with van der Waals surface area (Å²) in [5.41, 5.74) is 0. The molecular weight excluding hydrogens is 214 g/mol. The first-order chi connectivity index (χ1) is 8.27. The van der Waals surface area contributed by atoms with Crippen molar-refractivity contribution in [3.8, 4) is 0 Å². The Kier molecular flexibility index (Phi) is 4.80. The molecule has 0 spiro atoms. The first-order valence-electron chi connectivity index (χ1n) is 6.98. The SMILES string of the molecule is CC(=O)N1CCCCC1CNC1CCNCC1. The van der Waals surface area contributed by atoms with E-state index in [0.29, 0.717) is 12.1 Å². The smallest absolute Gasteiger partial charge is 0.219 e. The quantitative estimate of drug-likeness (QED) is 0.763. The van der Waals surface area contributed by atoms with E-state index in [0.717, 1.165) is 32.6 Å². The maximum absolute atomic E-state index is 11.5. The van der Waals surface area contributed by atoms with Crippen LogP contribution in [0.3, 0.4) is 0 Å². The summed E-state index contributed by atoms with van der Waals surface area (Å²) in [5.74, 6) is 0.238. The Hall–Kier alpha value is -0.610. The maximum Gasteiger partial charge on any atom is 0.219 e. The van der Waals surface area contributed by atoms with Crippen LogP contribution >= 0.6 is 0 Å². The number of carbonyl (C=O) groups is 1. The fraction of sp³-hybridized carbons (Fsp3) is 0.923. The first kappa shape index (κ1) is 12.8. The van der Waals surface area contributed by atoms with E-state index in [4.69, 9.17) is 0 Å². The zero-order chi connectivity index (χ0) is 12.1. The summed E-state index contributed by atoms with van der Waals surface area (Å²) in [6.45, 7) is 5.87. The molecule has 2 aliphatic rings. The van der Waals surface area contributed by atoms with Crippen molar-refractivity contribution in [2.75, 3.05) is 26.2 Å². The van der Waals surface area contributed by atoms with E-state index in [9.17, 15) is 4.79 Å². The van der Waals surface area contributed by atoms with Gasteiger partial charge in [-0.2, -0.15) is 0 Å². The van der Waals surface area contributed by atoms with Crippen molar-refractivity contribution < 1.29 is 4.79 Å². The van der Waals surface area contributed by atoms with Gasteiger partial charge in [0.05, 0.1) is 0 Å². The molecule has 2 rings (SSSR count). The minimum absolute atomic E-state index is 0.238. The van der Waals surface area contributed by atoms with E-state index >= 15 is 0 Å². The summed E-state index contributed by atoms with van der Waals surface area (Å²) in [6.07, 6.45) is 6.03. The van der Waals surface area contributed by atoms with Crippen LogP contribution in [0.5, 0.6) is 0 Å².